The molecule has 3 unspecified atom stereocenters. The van der Waals surface area contributed by atoms with Crippen LogP contribution in [0.3, 0.4) is 0 Å². The zero-order chi connectivity index (χ0) is 12.7. The zero-order valence-electron chi connectivity index (χ0n) is 11.6. The molecule has 0 saturated carbocycles. The summed E-state index contributed by atoms with van der Waals surface area (Å²) < 4.78 is 0. The highest BCUT2D eigenvalue weighted by Crippen LogP contribution is 2.25. The van der Waals surface area contributed by atoms with E-state index < -0.39 is 0 Å². The van der Waals surface area contributed by atoms with Crippen LogP contribution in [0.4, 0.5) is 0 Å². The lowest BCUT2D eigenvalue weighted by Gasteiger charge is -2.31. The van der Waals surface area contributed by atoms with Gasteiger partial charge in [-0.3, -0.25) is 4.79 Å². The van der Waals surface area contributed by atoms with Gasteiger partial charge in [-0.15, -0.1) is 0 Å². The Morgan fingerprint density at radius 1 is 1.47 bits per heavy atom. The van der Waals surface area contributed by atoms with Crippen LogP contribution < -0.4 is 10.6 Å². The maximum absolute atomic E-state index is 11.8. The number of rotatable bonds is 6. The quantitative estimate of drug-likeness (QED) is 0.748. The van der Waals surface area contributed by atoms with Gasteiger partial charge < -0.3 is 10.6 Å². The molecule has 100 valence electrons. The maximum Gasteiger partial charge on any atom is 0.237 e. The Labute approximate surface area is 106 Å². The van der Waals surface area contributed by atoms with Crippen molar-refractivity contribution in [1.82, 2.24) is 10.6 Å². The molecule has 17 heavy (non-hydrogen) atoms. The topological polar surface area (TPSA) is 41.1 Å². The third-order valence-corrected chi connectivity index (χ3v) is 3.70. The molecule has 0 aromatic heterocycles. The molecule has 1 saturated heterocycles. The van der Waals surface area contributed by atoms with Crippen LogP contribution in [0.1, 0.15) is 52.9 Å². The number of hydrogen-bond acceptors (Lipinski definition) is 2. The van der Waals surface area contributed by atoms with Crippen molar-refractivity contribution >= 4 is 5.91 Å². The molecule has 0 aliphatic carbocycles. The van der Waals surface area contributed by atoms with E-state index >= 15 is 0 Å². The number of hydrogen-bond donors (Lipinski definition) is 2. The first-order valence-electron chi connectivity index (χ1n) is 7.18. The third-order valence-electron chi connectivity index (χ3n) is 3.70. The van der Waals surface area contributed by atoms with Crippen LogP contribution in [0.5, 0.6) is 0 Å². The largest absolute Gasteiger partial charge is 0.355 e. The van der Waals surface area contributed by atoms with Crippen LogP contribution >= 0.6 is 0 Å². The predicted octanol–water partition coefficient (Wildman–Crippen LogP) is 2.32. The summed E-state index contributed by atoms with van der Waals surface area (Å²) in [6, 6.07) is 0.0440. The normalized spacial score (nSPS) is 26.5. The smallest absolute Gasteiger partial charge is 0.237 e. The Kier molecular flexibility index (Phi) is 6.56. The van der Waals surface area contributed by atoms with E-state index in [-0.39, 0.29) is 11.9 Å². The molecule has 0 radical (unpaired) electrons. The van der Waals surface area contributed by atoms with Gasteiger partial charge in [0, 0.05) is 6.54 Å². The summed E-state index contributed by atoms with van der Waals surface area (Å²) in [7, 11) is 0. The lowest BCUT2D eigenvalue weighted by Crippen LogP contribution is -2.48. The fourth-order valence-corrected chi connectivity index (χ4v) is 2.89. The van der Waals surface area contributed by atoms with Crippen LogP contribution in [0.15, 0.2) is 0 Å². The first-order chi connectivity index (χ1) is 8.17. The monoisotopic (exact) mass is 240 g/mol. The van der Waals surface area contributed by atoms with E-state index in [1.807, 2.05) is 6.92 Å². The highest BCUT2D eigenvalue weighted by molar-refractivity contribution is 5.81. The van der Waals surface area contributed by atoms with Crippen LogP contribution in [0, 0.1) is 11.8 Å². The summed E-state index contributed by atoms with van der Waals surface area (Å²) in [5.74, 6) is 1.71. The number of piperidine rings is 1. The second-order valence-electron chi connectivity index (χ2n) is 5.42. The molecule has 1 heterocycles. The Morgan fingerprint density at radius 2 is 2.24 bits per heavy atom. The summed E-state index contributed by atoms with van der Waals surface area (Å²) in [4.78, 5) is 11.8. The van der Waals surface area contributed by atoms with Crippen molar-refractivity contribution in [3.05, 3.63) is 0 Å². The molecule has 3 nitrogen and oxygen atoms in total. The Balaban J connectivity index is 2.35. The number of nitrogens with one attached hydrogen (secondary N) is 2. The Morgan fingerprint density at radius 3 is 2.88 bits per heavy atom. The second-order valence-corrected chi connectivity index (χ2v) is 5.42. The van der Waals surface area contributed by atoms with Gasteiger partial charge in [0.05, 0.1) is 6.04 Å². The van der Waals surface area contributed by atoms with Crippen LogP contribution in [-0.2, 0) is 4.79 Å². The van der Waals surface area contributed by atoms with E-state index in [1.54, 1.807) is 0 Å². The zero-order valence-corrected chi connectivity index (χ0v) is 11.6. The number of carbonyl (C=O) groups is 1. The van der Waals surface area contributed by atoms with Gasteiger partial charge in [-0.1, -0.05) is 26.7 Å². The summed E-state index contributed by atoms with van der Waals surface area (Å²) in [5, 5.41) is 6.24. The SMILES string of the molecule is CCCC(C)CC1CCNC(C(=O)NCC)C1. The van der Waals surface area contributed by atoms with Gasteiger partial charge in [0.2, 0.25) is 5.91 Å². The van der Waals surface area contributed by atoms with Crippen LogP contribution in [0.25, 0.3) is 0 Å². The van der Waals surface area contributed by atoms with Crippen LogP contribution in [0.2, 0.25) is 0 Å². The second kappa shape index (κ2) is 7.70. The molecule has 1 amide bonds. The molecule has 2 N–H and O–H groups in total. The lowest BCUT2D eigenvalue weighted by molar-refractivity contribution is -0.124. The van der Waals surface area contributed by atoms with E-state index in [4.69, 9.17) is 0 Å². The van der Waals surface area contributed by atoms with E-state index in [0.29, 0.717) is 0 Å². The van der Waals surface area contributed by atoms with Gasteiger partial charge in [0.25, 0.3) is 0 Å². The number of amides is 1. The average Bonchev–Trinajstić information content (AvgIpc) is 2.30. The van der Waals surface area contributed by atoms with Gasteiger partial charge >= 0.3 is 0 Å². The van der Waals surface area contributed by atoms with Crippen molar-refractivity contribution in [1.29, 1.82) is 0 Å². The molecule has 0 aromatic rings. The fraction of sp³-hybridized carbons (Fsp3) is 0.929. The van der Waals surface area contributed by atoms with Crippen molar-refractivity contribution in [2.75, 3.05) is 13.1 Å². The van der Waals surface area contributed by atoms with E-state index in [9.17, 15) is 4.79 Å². The van der Waals surface area contributed by atoms with Crippen molar-refractivity contribution in [2.45, 2.75) is 58.9 Å². The molecule has 1 aliphatic heterocycles. The Bertz CT molecular complexity index is 230. The van der Waals surface area contributed by atoms with Gasteiger partial charge in [-0.25, -0.2) is 0 Å². The Hall–Kier alpha value is -0.570. The third kappa shape index (κ3) is 5.07. The molecule has 0 bridgehead atoms. The molecule has 3 atom stereocenters. The van der Waals surface area contributed by atoms with Crippen LogP contribution in [-0.4, -0.2) is 25.0 Å². The van der Waals surface area contributed by atoms with E-state index in [2.05, 4.69) is 24.5 Å². The van der Waals surface area contributed by atoms with E-state index in [0.717, 1.165) is 31.3 Å². The summed E-state index contributed by atoms with van der Waals surface area (Å²) in [6.45, 7) is 8.28. The molecule has 1 fully saturated rings. The highest BCUT2D eigenvalue weighted by Gasteiger charge is 2.27. The van der Waals surface area contributed by atoms with E-state index in [1.165, 1.54) is 25.7 Å². The van der Waals surface area contributed by atoms with Crippen molar-refractivity contribution in [3.63, 3.8) is 0 Å². The fourth-order valence-electron chi connectivity index (χ4n) is 2.89. The minimum atomic E-state index is 0.0440. The maximum atomic E-state index is 11.8. The molecule has 3 heteroatoms. The minimum absolute atomic E-state index is 0.0440. The number of likely N-dealkylation sites (N-methyl/N-ethyl adjacent to an activating group) is 1. The van der Waals surface area contributed by atoms with Crippen molar-refractivity contribution in [2.24, 2.45) is 11.8 Å². The molecular weight excluding hydrogens is 212 g/mol. The number of carbonyl (C=O) groups excluding carboxylic acids is 1. The molecule has 0 spiro atoms. The van der Waals surface area contributed by atoms with Gasteiger partial charge in [-0.05, 0) is 44.6 Å². The molecule has 1 aliphatic rings. The van der Waals surface area contributed by atoms with Crippen molar-refractivity contribution < 1.29 is 4.79 Å². The summed E-state index contributed by atoms with van der Waals surface area (Å²) >= 11 is 0. The molecular formula is C14H28N2O. The summed E-state index contributed by atoms with van der Waals surface area (Å²) in [5.41, 5.74) is 0. The first-order valence-corrected chi connectivity index (χ1v) is 7.18. The minimum Gasteiger partial charge on any atom is -0.355 e. The molecule has 0 aromatic carbocycles. The van der Waals surface area contributed by atoms with Gasteiger partial charge in [-0.2, -0.15) is 0 Å². The lowest BCUT2D eigenvalue weighted by atomic mass is 9.84. The van der Waals surface area contributed by atoms with Crippen molar-refractivity contribution in [3.8, 4) is 0 Å². The summed E-state index contributed by atoms with van der Waals surface area (Å²) in [6.07, 6.45) is 6.11. The standard InChI is InChI=1S/C14H28N2O/c1-4-6-11(3)9-12-7-8-16-13(10-12)14(17)15-5-2/h11-13,16H,4-10H2,1-3H3,(H,15,17). The highest BCUT2D eigenvalue weighted by atomic mass is 16.2. The van der Waals surface area contributed by atoms with Gasteiger partial charge in [0.15, 0.2) is 0 Å². The predicted molar refractivity (Wildman–Crippen MR) is 71.9 cm³/mol. The first kappa shape index (κ1) is 14.5. The molecule has 1 rings (SSSR count). The van der Waals surface area contributed by atoms with Gasteiger partial charge in [0.1, 0.15) is 0 Å². The average molecular weight is 240 g/mol.